The molecular weight excluding hydrogens is 258 g/mol. The lowest BCUT2D eigenvalue weighted by atomic mass is 10.2. The van der Waals surface area contributed by atoms with Gasteiger partial charge >= 0.3 is 0 Å². The van der Waals surface area contributed by atoms with E-state index in [1.165, 1.54) is 12.1 Å². The molecule has 0 bridgehead atoms. The Balaban J connectivity index is 2.27. The van der Waals surface area contributed by atoms with Crippen LogP contribution in [-0.2, 0) is 5.88 Å². The van der Waals surface area contributed by atoms with Crippen LogP contribution in [0.25, 0.3) is 0 Å². The van der Waals surface area contributed by atoms with Crippen LogP contribution in [0, 0.1) is 11.6 Å². The highest BCUT2D eigenvalue weighted by molar-refractivity contribution is 6.17. The van der Waals surface area contributed by atoms with Crippen LogP contribution in [-0.4, -0.2) is 38.1 Å². The molecule has 0 N–H and O–H groups in total. The van der Waals surface area contributed by atoms with Crippen LogP contribution in [0.2, 0.25) is 0 Å². The molecule has 0 aliphatic carbocycles. The number of halogens is 3. The number of rotatable bonds is 2. The Bertz CT molecular complexity index is 402. The quantitative estimate of drug-likeness (QED) is 0.765. The number of anilines is 1. The molecule has 2 rings (SSSR count). The zero-order valence-corrected chi connectivity index (χ0v) is 11.2. The van der Waals surface area contributed by atoms with Gasteiger partial charge in [-0.05, 0) is 37.7 Å². The van der Waals surface area contributed by atoms with Crippen LogP contribution in [0.3, 0.4) is 0 Å². The van der Waals surface area contributed by atoms with E-state index in [2.05, 4.69) is 4.90 Å². The molecule has 5 heteroatoms. The van der Waals surface area contributed by atoms with Crippen LogP contribution in [0.15, 0.2) is 12.1 Å². The minimum atomic E-state index is -0.518. The molecular formula is C13H17ClF2N2. The number of alkyl halides is 1. The van der Waals surface area contributed by atoms with E-state index < -0.39 is 11.6 Å². The Morgan fingerprint density at radius 1 is 1.11 bits per heavy atom. The van der Waals surface area contributed by atoms with Gasteiger partial charge in [0.25, 0.3) is 0 Å². The third-order valence-corrected chi connectivity index (χ3v) is 3.58. The lowest BCUT2D eigenvalue weighted by Gasteiger charge is -2.24. The topological polar surface area (TPSA) is 6.48 Å². The van der Waals surface area contributed by atoms with Gasteiger partial charge in [-0.2, -0.15) is 0 Å². The van der Waals surface area contributed by atoms with Crippen molar-refractivity contribution >= 4 is 17.3 Å². The third kappa shape index (κ3) is 2.93. The molecule has 1 aromatic carbocycles. The van der Waals surface area contributed by atoms with Gasteiger partial charge in [-0.25, -0.2) is 8.78 Å². The summed E-state index contributed by atoms with van der Waals surface area (Å²) >= 11 is 5.60. The van der Waals surface area contributed by atoms with Gasteiger partial charge in [0, 0.05) is 25.5 Å². The van der Waals surface area contributed by atoms with Gasteiger partial charge in [0.1, 0.15) is 17.3 Å². The first-order valence-corrected chi connectivity index (χ1v) is 6.62. The van der Waals surface area contributed by atoms with E-state index in [-0.39, 0.29) is 11.6 Å². The molecule has 0 aromatic heterocycles. The zero-order valence-electron chi connectivity index (χ0n) is 10.4. The lowest BCUT2D eigenvalue weighted by molar-refractivity contribution is 0.360. The maximum Gasteiger partial charge on any atom is 0.149 e. The summed E-state index contributed by atoms with van der Waals surface area (Å²) < 4.78 is 27.9. The average Bonchev–Trinajstić information content (AvgIpc) is 2.53. The summed E-state index contributed by atoms with van der Waals surface area (Å²) in [5.41, 5.74) is 0.557. The third-order valence-electron chi connectivity index (χ3n) is 3.27. The normalized spacial score (nSPS) is 17.9. The van der Waals surface area contributed by atoms with Crippen LogP contribution in [0.4, 0.5) is 14.5 Å². The van der Waals surface area contributed by atoms with Gasteiger partial charge in [-0.3, -0.25) is 0 Å². The second-order valence-electron chi connectivity index (χ2n) is 4.69. The van der Waals surface area contributed by atoms with Gasteiger partial charge < -0.3 is 9.80 Å². The summed E-state index contributed by atoms with van der Waals surface area (Å²) in [7, 11) is 2.02. The highest BCUT2D eigenvalue weighted by Gasteiger charge is 2.20. The molecule has 1 aliphatic rings. The van der Waals surface area contributed by atoms with Gasteiger partial charge in [0.2, 0.25) is 0 Å². The van der Waals surface area contributed by atoms with Crippen molar-refractivity contribution in [1.82, 2.24) is 4.90 Å². The number of hydrogen-bond donors (Lipinski definition) is 0. The smallest absolute Gasteiger partial charge is 0.149 e. The molecule has 100 valence electrons. The summed E-state index contributed by atoms with van der Waals surface area (Å²) in [4.78, 5) is 3.95. The van der Waals surface area contributed by atoms with E-state index in [9.17, 15) is 8.78 Å². The van der Waals surface area contributed by atoms with Crippen LogP contribution >= 0.6 is 11.6 Å². The Kier molecular flexibility index (Phi) is 4.40. The standard InChI is InChI=1S/C13H17ClF2N2/c1-17-3-2-4-18(6-5-17)13-11(15)7-10(9-14)8-12(13)16/h7-8H,2-6,9H2,1H3. The molecule has 0 amide bonds. The lowest BCUT2D eigenvalue weighted by Crippen LogP contribution is -2.30. The molecule has 2 nitrogen and oxygen atoms in total. The molecule has 1 aromatic rings. The van der Waals surface area contributed by atoms with Crippen LogP contribution < -0.4 is 4.90 Å². The van der Waals surface area contributed by atoms with Crippen molar-refractivity contribution in [3.05, 3.63) is 29.3 Å². The molecule has 0 saturated carbocycles. The fourth-order valence-electron chi connectivity index (χ4n) is 2.27. The van der Waals surface area contributed by atoms with Crippen LogP contribution in [0.1, 0.15) is 12.0 Å². The molecule has 1 aliphatic heterocycles. The molecule has 1 fully saturated rings. The molecule has 0 spiro atoms. The van der Waals surface area contributed by atoms with Crippen molar-refractivity contribution in [3.8, 4) is 0 Å². The molecule has 1 heterocycles. The number of hydrogen-bond acceptors (Lipinski definition) is 2. The monoisotopic (exact) mass is 274 g/mol. The number of likely N-dealkylation sites (N-methyl/N-ethyl adjacent to an activating group) is 1. The summed E-state index contributed by atoms with van der Waals surface area (Å²) in [6, 6.07) is 2.64. The highest BCUT2D eigenvalue weighted by Crippen LogP contribution is 2.26. The van der Waals surface area contributed by atoms with E-state index in [1.807, 2.05) is 7.05 Å². The van der Waals surface area contributed by atoms with E-state index in [4.69, 9.17) is 11.6 Å². The Hall–Kier alpha value is -0.870. The minimum Gasteiger partial charge on any atom is -0.365 e. The van der Waals surface area contributed by atoms with Crippen molar-refractivity contribution in [2.24, 2.45) is 0 Å². The first kappa shape index (κ1) is 13.6. The Morgan fingerprint density at radius 3 is 2.39 bits per heavy atom. The van der Waals surface area contributed by atoms with Crippen molar-refractivity contribution in [1.29, 1.82) is 0 Å². The van der Waals surface area contributed by atoms with E-state index in [0.717, 1.165) is 19.5 Å². The van der Waals surface area contributed by atoms with Gasteiger partial charge in [-0.15, -0.1) is 11.6 Å². The van der Waals surface area contributed by atoms with E-state index >= 15 is 0 Å². The van der Waals surface area contributed by atoms with E-state index in [1.54, 1.807) is 4.90 Å². The largest absolute Gasteiger partial charge is 0.365 e. The molecule has 1 saturated heterocycles. The predicted molar refractivity (Wildman–Crippen MR) is 70.2 cm³/mol. The van der Waals surface area contributed by atoms with Crippen molar-refractivity contribution in [3.63, 3.8) is 0 Å². The fraction of sp³-hybridized carbons (Fsp3) is 0.538. The summed E-state index contributed by atoms with van der Waals surface area (Å²) in [6.07, 6.45) is 0.909. The maximum atomic E-state index is 14.0. The van der Waals surface area contributed by atoms with Gasteiger partial charge in [0.05, 0.1) is 0 Å². The van der Waals surface area contributed by atoms with Crippen molar-refractivity contribution in [2.45, 2.75) is 12.3 Å². The maximum absolute atomic E-state index is 14.0. The first-order chi connectivity index (χ1) is 8.61. The van der Waals surface area contributed by atoms with Crippen molar-refractivity contribution in [2.75, 3.05) is 38.1 Å². The molecule has 0 unspecified atom stereocenters. The van der Waals surface area contributed by atoms with Gasteiger partial charge in [0.15, 0.2) is 0 Å². The fourth-order valence-corrected chi connectivity index (χ4v) is 2.42. The summed E-state index contributed by atoms with van der Waals surface area (Å²) in [5.74, 6) is -0.915. The van der Waals surface area contributed by atoms with E-state index in [0.29, 0.717) is 18.7 Å². The second kappa shape index (κ2) is 5.85. The summed E-state index contributed by atoms with van der Waals surface area (Å²) in [5, 5.41) is 0. The Morgan fingerprint density at radius 2 is 1.78 bits per heavy atom. The number of nitrogens with zero attached hydrogens (tertiary/aromatic N) is 2. The summed E-state index contributed by atoms with van der Waals surface area (Å²) in [6.45, 7) is 3.10. The first-order valence-electron chi connectivity index (χ1n) is 6.09. The van der Waals surface area contributed by atoms with Crippen molar-refractivity contribution < 1.29 is 8.78 Å². The number of benzene rings is 1. The molecule has 18 heavy (non-hydrogen) atoms. The second-order valence-corrected chi connectivity index (χ2v) is 4.95. The molecule has 0 atom stereocenters. The molecule has 0 radical (unpaired) electrons. The minimum absolute atomic E-state index is 0.0826. The van der Waals surface area contributed by atoms with Gasteiger partial charge in [-0.1, -0.05) is 0 Å². The SMILES string of the molecule is CN1CCCN(c2c(F)cc(CCl)cc2F)CC1. The Labute approximate surface area is 111 Å². The van der Waals surface area contributed by atoms with Crippen LogP contribution in [0.5, 0.6) is 0 Å². The predicted octanol–water partition coefficient (Wildman–Crippen LogP) is 2.85. The highest BCUT2D eigenvalue weighted by atomic mass is 35.5. The zero-order chi connectivity index (χ0) is 13.1. The average molecular weight is 275 g/mol.